The van der Waals surface area contributed by atoms with E-state index in [0.717, 1.165) is 5.46 Å². The standard InChI is InChI=1S/C24H40BNO8/c1-22(2,3)32-21(27)26-11-12-29-13-14-30-15-16-31-20-17-18(28-8)9-10-19(20)25-33-23(4,5)24(6,7)34-25/h9-10,17H,11-16H2,1-8H3,(H,26,27). The largest absolute Gasteiger partial charge is 0.498 e. The summed E-state index contributed by atoms with van der Waals surface area (Å²) in [5.74, 6) is 1.32. The molecule has 0 bridgehead atoms. The van der Waals surface area contributed by atoms with Crippen molar-refractivity contribution in [3.05, 3.63) is 18.2 Å². The molecule has 1 aliphatic rings. The van der Waals surface area contributed by atoms with Crippen LogP contribution in [-0.4, -0.2) is 76.7 Å². The van der Waals surface area contributed by atoms with Crippen LogP contribution in [0, 0.1) is 0 Å². The van der Waals surface area contributed by atoms with Gasteiger partial charge >= 0.3 is 13.2 Å². The molecule has 1 aromatic carbocycles. The summed E-state index contributed by atoms with van der Waals surface area (Å²) in [5, 5.41) is 2.64. The van der Waals surface area contributed by atoms with E-state index in [1.165, 1.54) is 0 Å². The van der Waals surface area contributed by atoms with E-state index in [1.807, 2.05) is 66.7 Å². The van der Waals surface area contributed by atoms with Crippen LogP contribution in [0.25, 0.3) is 0 Å². The van der Waals surface area contributed by atoms with Gasteiger partial charge in [-0.15, -0.1) is 0 Å². The Balaban J connectivity index is 1.70. The van der Waals surface area contributed by atoms with E-state index in [9.17, 15) is 4.79 Å². The number of carbonyl (C=O) groups is 1. The zero-order valence-electron chi connectivity index (χ0n) is 21.8. The lowest BCUT2D eigenvalue weighted by molar-refractivity contribution is 0.00578. The maximum atomic E-state index is 11.5. The Morgan fingerprint density at radius 3 is 2.15 bits per heavy atom. The molecule has 1 heterocycles. The molecular formula is C24H40BNO8. The number of amides is 1. The first-order valence-corrected chi connectivity index (χ1v) is 11.6. The summed E-state index contributed by atoms with van der Waals surface area (Å²) in [7, 11) is 1.08. The van der Waals surface area contributed by atoms with Crippen LogP contribution in [0.1, 0.15) is 48.5 Å². The lowest BCUT2D eigenvalue weighted by Gasteiger charge is -2.32. The first-order valence-electron chi connectivity index (χ1n) is 11.6. The first kappa shape index (κ1) is 28.2. The van der Waals surface area contributed by atoms with Crippen LogP contribution < -0.4 is 20.3 Å². The molecule has 0 saturated carbocycles. The Kier molecular flexibility index (Phi) is 10.1. The van der Waals surface area contributed by atoms with Crippen LogP contribution in [0.2, 0.25) is 0 Å². The zero-order chi connectivity index (χ0) is 25.4. The summed E-state index contributed by atoms with van der Waals surface area (Å²) in [4.78, 5) is 11.5. The van der Waals surface area contributed by atoms with E-state index < -0.39 is 30.0 Å². The maximum Gasteiger partial charge on any atom is 0.498 e. The van der Waals surface area contributed by atoms with Gasteiger partial charge < -0.3 is 38.3 Å². The number of hydrogen-bond acceptors (Lipinski definition) is 8. The molecule has 0 radical (unpaired) electrons. The highest BCUT2D eigenvalue weighted by Gasteiger charge is 2.52. The second-order valence-electron chi connectivity index (χ2n) is 9.99. The number of methoxy groups -OCH3 is 1. The fourth-order valence-electron chi connectivity index (χ4n) is 3.00. The van der Waals surface area contributed by atoms with Crippen molar-refractivity contribution < 1.29 is 37.8 Å². The molecule has 9 nitrogen and oxygen atoms in total. The smallest absolute Gasteiger partial charge is 0.497 e. The lowest BCUT2D eigenvalue weighted by Crippen LogP contribution is -2.41. The molecule has 0 aliphatic carbocycles. The minimum absolute atomic E-state index is 0.347. The van der Waals surface area contributed by atoms with Crippen molar-refractivity contribution in [2.24, 2.45) is 0 Å². The van der Waals surface area contributed by atoms with Crippen molar-refractivity contribution >= 4 is 18.7 Å². The quantitative estimate of drug-likeness (QED) is 0.360. The second kappa shape index (κ2) is 12.1. The Labute approximate surface area is 203 Å². The summed E-state index contributed by atoms with van der Waals surface area (Å²) >= 11 is 0. The molecular weight excluding hydrogens is 441 g/mol. The molecule has 0 atom stereocenters. The van der Waals surface area contributed by atoms with Gasteiger partial charge in [0.1, 0.15) is 23.7 Å². The van der Waals surface area contributed by atoms with Gasteiger partial charge in [-0.1, -0.05) is 6.07 Å². The van der Waals surface area contributed by atoms with Gasteiger partial charge in [-0.25, -0.2) is 4.79 Å². The van der Waals surface area contributed by atoms with E-state index in [2.05, 4.69) is 5.32 Å². The fourth-order valence-corrected chi connectivity index (χ4v) is 3.00. The first-order chi connectivity index (χ1) is 15.8. The average Bonchev–Trinajstić information content (AvgIpc) is 2.94. The molecule has 2 rings (SSSR count). The molecule has 34 heavy (non-hydrogen) atoms. The predicted molar refractivity (Wildman–Crippen MR) is 130 cm³/mol. The summed E-state index contributed by atoms with van der Waals surface area (Å²) in [5.41, 5.74) is -0.599. The molecule has 1 aromatic rings. The number of hydrogen-bond donors (Lipinski definition) is 1. The van der Waals surface area contributed by atoms with Crippen LogP contribution in [0.15, 0.2) is 18.2 Å². The molecule has 0 unspecified atom stereocenters. The molecule has 0 spiro atoms. The molecule has 1 saturated heterocycles. The van der Waals surface area contributed by atoms with Crippen molar-refractivity contribution in [3.63, 3.8) is 0 Å². The van der Waals surface area contributed by atoms with Crippen LogP contribution in [0.4, 0.5) is 4.79 Å². The van der Waals surface area contributed by atoms with E-state index in [1.54, 1.807) is 7.11 Å². The van der Waals surface area contributed by atoms with Crippen LogP contribution in [-0.2, 0) is 23.5 Å². The van der Waals surface area contributed by atoms with E-state index in [-0.39, 0.29) is 0 Å². The number of carbonyl (C=O) groups excluding carboxylic acids is 1. The molecule has 0 aromatic heterocycles. The van der Waals surface area contributed by atoms with Gasteiger partial charge in [0, 0.05) is 18.1 Å². The Bertz CT molecular complexity index is 778. The minimum atomic E-state index is -0.533. The molecule has 192 valence electrons. The Morgan fingerprint density at radius 2 is 1.56 bits per heavy atom. The van der Waals surface area contributed by atoms with Gasteiger partial charge in [0.2, 0.25) is 0 Å². The summed E-state index contributed by atoms with van der Waals surface area (Å²) in [6.07, 6.45) is -0.457. The SMILES string of the molecule is COc1ccc(B2OC(C)(C)C(C)(C)O2)c(OCCOCCOCCNC(=O)OC(C)(C)C)c1. The molecule has 1 N–H and O–H groups in total. The van der Waals surface area contributed by atoms with Crippen molar-refractivity contribution in [2.75, 3.05) is 46.7 Å². The summed E-state index contributed by atoms with van der Waals surface area (Å²) in [6.45, 7) is 15.8. The Morgan fingerprint density at radius 1 is 0.971 bits per heavy atom. The normalized spacial score (nSPS) is 16.9. The molecule has 1 amide bonds. The third-order valence-electron chi connectivity index (χ3n) is 5.50. The highest BCUT2D eigenvalue weighted by Crippen LogP contribution is 2.37. The van der Waals surface area contributed by atoms with Crippen molar-refractivity contribution in [2.45, 2.75) is 65.3 Å². The van der Waals surface area contributed by atoms with Gasteiger partial charge in [0.25, 0.3) is 0 Å². The average molecular weight is 481 g/mol. The molecule has 1 aliphatic heterocycles. The number of benzene rings is 1. The number of rotatable bonds is 12. The minimum Gasteiger partial charge on any atom is -0.497 e. The number of alkyl carbamates (subject to hydrolysis) is 1. The van der Waals surface area contributed by atoms with E-state index in [4.69, 9.17) is 33.0 Å². The second-order valence-corrected chi connectivity index (χ2v) is 9.99. The van der Waals surface area contributed by atoms with Crippen molar-refractivity contribution in [3.8, 4) is 11.5 Å². The summed E-state index contributed by atoms with van der Waals surface area (Å²) < 4.78 is 39.8. The third-order valence-corrected chi connectivity index (χ3v) is 5.50. The monoisotopic (exact) mass is 481 g/mol. The number of nitrogens with one attached hydrogen (secondary N) is 1. The van der Waals surface area contributed by atoms with Gasteiger partial charge in [-0.2, -0.15) is 0 Å². The van der Waals surface area contributed by atoms with Crippen molar-refractivity contribution in [1.29, 1.82) is 0 Å². The fraction of sp³-hybridized carbons (Fsp3) is 0.708. The van der Waals surface area contributed by atoms with Gasteiger partial charge in [0.15, 0.2) is 0 Å². The molecule has 1 fully saturated rings. The zero-order valence-corrected chi connectivity index (χ0v) is 21.8. The van der Waals surface area contributed by atoms with Crippen molar-refractivity contribution in [1.82, 2.24) is 5.32 Å². The summed E-state index contributed by atoms with van der Waals surface area (Å²) in [6, 6.07) is 5.58. The topological polar surface area (TPSA) is 93.7 Å². The predicted octanol–water partition coefficient (Wildman–Crippen LogP) is 2.93. The van der Waals surface area contributed by atoms with E-state index in [0.29, 0.717) is 51.1 Å². The Hall–Kier alpha value is -2.01. The number of ether oxygens (including phenoxy) is 5. The highest BCUT2D eigenvalue weighted by molar-refractivity contribution is 6.63. The van der Waals surface area contributed by atoms with Crippen LogP contribution >= 0.6 is 0 Å². The van der Waals surface area contributed by atoms with Gasteiger partial charge in [-0.3, -0.25) is 0 Å². The van der Waals surface area contributed by atoms with Gasteiger partial charge in [-0.05, 0) is 54.5 Å². The third kappa shape index (κ3) is 8.65. The van der Waals surface area contributed by atoms with E-state index >= 15 is 0 Å². The maximum absolute atomic E-state index is 11.5. The lowest BCUT2D eigenvalue weighted by atomic mass is 9.78. The molecule has 10 heteroatoms. The van der Waals surface area contributed by atoms with Gasteiger partial charge in [0.05, 0.1) is 44.7 Å². The van der Waals surface area contributed by atoms with Crippen LogP contribution in [0.5, 0.6) is 11.5 Å². The highest BCUT2D eigenvalue weighted by atomic mass is 16.7. The van der Waals surface area contributed by atoms with Crippen LogP contribution in [0.3, 0.4) is 0 Å².